The van der Waals surface area contributed by atoms with Gasteiger partial charge in [-0.2, -0.15) is 0 Å². The Morgan fingerprint density at radius 2 is 1.03 bits per heavy atom. The van der Waals surface area contributed by atoms with Crippen molar-refractivity contribution < 1.29 is 39.7 Å². The summed E-state index contributed by atoms with van der Waals surface area (Å²) in [5.74, 6) is -2.27. The summed E-state index contributed by atoms with van der Waals surface area (Å²) in [7, 11) is 0. The molecule has 0 saturated heterocycles. The molecule has 30 heavy (non-hydrogen) atoms. The maximum absolute atomic E-state index is 12.0. The molecule has 0 fully saturated rings. The lowest BCUT2D eigenvalue weighted by molar-refractivity contribution is -0.177. The number of hydrogen-bond acceptors (Lipinski definition) is 8. The lowest BCUT2D eigenvalue weighted by atomic mass is 10.0. The van der Waals surface area contributed by atoms with Crippen LogP contribution in [0.5, 0.6) is 0 Å². The van der Waals surface area contributed by atoms with Crippen molar-refractivity contribution in [1.29, 1.82) is 0 Å². The van der Waals surface area contributed by atoms with Crippen LogP contribution in [0, 0.1) is 0 Å². The van der Waals surface area contributed by atoms with Crippen LogP contribution in [-0.2, 0) is 32.3 Å². The van der Waals surface area contributed by atoms with Gasteiger partial charge in [0.05, 0.1) is 13.2 Å². The molecule has 2 amide bonds. The van der Waals surface area contributed by atoms with Gasteiger partial charge >= 0.3 is 0 Å². The van der Waals surface area contributed by atoms with Gasteiger partial charge in [0.15, 0.2) is 12.2 Å². The van der Waals surface area contributed by atoms with E-state index in [2.05, 4.69) is 0 Å². The van der Waals surface area contributed by atoms with E-state index in [0.29, 0.717) is 11.1 Å². The molecule has 2 rings (SSSR count). The molecule has 162 valence electrons. The number of ether oxygens (including phenoxy) is 2. The molecule has 0 aliphatic heterocycles. The molecule has 0 aliphatic rings. The third-order valence-corrected chi connectivity index (χ3v) is 4.25. The number of aliphatic hydroxyl groups is 2. The van der Waals surface area contributed by atoms with E-state index in [1.165, 1.54) is 11.0 Å². The highest BCUT2D eigenvalue weighted by atomic mass is 16.5. The Morgan fingerprint density at radius 3 is 1.33 bits per heavy atom. The molecule has 0 spiro atoms. The molecule has 10 heteroatoms. The molecule has 0 bridgehead atoms. The number of aliphatic hydroxyl groups excluding tert-OH is 2. The highest BCUT2D eigenvalue weighted by Crippen LogP contribution is 2.15. The van der Waals surface area contributed by atoms with Gasteiger partial charge in [0.25, 0.3) is 11.8 Å². The van der Waals surface area contributed by atoms with Gasteiger partial charge in [-0.3, -0.25) is 20.0 Å². The summed E-state index contributed by atoms with van der Waals surface area (Å²) in [6.07, 6.45) is -7.42. The molecular formula is C20H24N2O8. The van der Waals surface area contributed by atoms with E-state index in [-0.39, 0.29) is 13.2 Å². The predicted molar refractivity (Wildman–Crippen MR) is 102 cm³/mol. The van der Waals surface area contributed by atoms with Gasteiger partial charge in [-0.25, -0.2) is 11.0 Å². The lowest BCUT2D eigenvalue weighted by Gasteiger charge is -2.29. The van der Waals surface area contributed by atoms with Crippen LogP contribution in [0.3, 0.4) is 0 Å². The van der Waals surface area contributed by atoms with E-state index in [4.69, 9.17) is 19.9 Å². The summed E-state index contributed by atoms with van der Waals surface area (Å²) in [6, 6.07) is 17.4. The van der Waals surface area contributed by atoms with Gasteiger partial charge in [-0.1, -0.05) is 60.7 Å². The average molecular weight is 420 g/mol. The fourth-order valence-corrected chi connectivity index (χ4v) is 2.66. The minimum atomic E-state index is -1.97. The molecular weight excluding hydrogens is 396 g/mol. The second kappa shape index (κ2) is 12.0. The number of carbonyl (C=O) groups is 2. The van der Waals surface area contributed by atoms with Crippen molar-refractivity contribution >= 4 is 11.8 Å². The predicted octanol–water partition coefficient (Wildman–Crippen LogP) is -0.110. The number of benzene rings is 2. The summed E-state index contributed by atoms with van der Waals surface area (Å²) in [6.45, 7) is -0.241. The first-order valence-electron chi connectivity index (χ1n) is 9.03. The molecule has 2 aromatic rings. The SMILES string of the molecule is O=C(NO)C(OCc1ccccc1)C(O)C(O)C(OCc1ccccc1)C(=O)NO. The van der Waals surface area contributed by atoms with E-state index < -0.39 is 36.2 Å². The minimum absolute atomic E-state index is 0.121. The minimum Gasteiger partial charge on any atom is -0.387 e. The van der Waals surface area contributed by atoms with Gasteiger partial charge in [0.1, 0.15) is 12.2 Å². The van der Waals surface area contributed by atoms with E-state index in [0.717, 1.165) is 0 Å². The van der Waals surface area contributed by atoms with Crippen LogP contribution in [0.1, 0.15) is 11.1 Å². The van der Waals surface area contributed by atoms with Crippen molar-refractivity contribution in [3.63, 3.8) is 0 Å². The van der Waals surface area contributed by atoms with Gasteiger partial charge in [0, 0.05) is 0 Å². The lowest BCUT2D eigenvalue weighted by Crippen LogP contribution is -2.55. The van der Waals surface area contributed by atoms with E-state index in [1.54, 1.807) is 60.7 Å². The van der Waals surface area contributed by atoms with Gasteiger partial charge in [-0.15, -0.1) is 0 Å². The van der Waals surface area contributed by atoms with Crippen LogP contribution in [0.4, 0.5) is 0 Å². The van der Waals surface area contributed by atoms with E-state index in [1.807, 2.05) is 0 Å². The molecule has 0 heterocycles. The number of carbonyl (C=O) groups excluding carboxylic acids is 2. The zero-order valence-corrected chi connectivity index (χ0v) is 15.9. The fourth-order valence-electron chi connectivity index (χ4n) is 2.66. The van der Waals surface area contributed by atoms with Crippen LogP contribution in [0.2, 0.25) is 0 Å². The zero-order valence-electron chi connectivity index (χ0n) is 15.9. The quantitative estimate of drug-likeness (QED) is 0.217. The molecule has 4 atom stereocenters. The maximum Gasteiger partial charge on any atom is 0.275 e. The van der Waals surface area contributed by atoms with Gasteiger partial charge in [0.2, 0.25) is 0 Å². The monoisotopic (exact) mass is 420 g/mol. The van der Waals surface area contributed by atoms with E-state index in [9.17, 15) is 19.8 Å². The molecule has 0 saturated carbocycles. The smallest absolute Gasteiger partial charge is 0.275 e. The highest BCUT2D eigenvalue weighted by Gasteiger charge is 2.40. The first-order valence-corrected chi connectivity index (χ1v) is 9.03. The summed E-state index contributed by atoms with van der Waals surface area (Å²) in [5, 5.41) is 38.9. The molecule has 4 unspecified atom stereocenters. The van der Waals surface area contributed by atoms with Crippen LogP contribution in [-0.4, -0.2) is 56.9 Å². The second-order valence-corrected chi connectivity index (χ2v) is 6.37. The highest BCUT2D eigenvalue weighted by molar-refractivity contribution is 5.82. The Kier molecular flexibility index (Phi) is 9.35. The van der Waals surface area contributed by atoms with Gasteiger partial charge in [-0.05, 0) is 11.1 Å². The summed E-state index contributed by atoms with van der Waals surface area (Å²) >= 11 is 0. The number of hydroxylamine groups is 2. The zero-order chi connectivity index (χ0) is 21.9. The Hall–Kier alpha value is -2.86. The Morgan fingerprint density at radius 1 is 0.700 bits per heavy atom. The topological polar surface area (TPSA) is 158 Å². The molecule has 0 aliphatic carbocycles. The largest absolute Gasteiger partial charge is 0.387 e. The fraction of sp³-hybridized carbons (Fsp3) is 0.300. The molecule has 0 aromatic heterocycles. The van der Waals surface area contributed by atoms with Gasteiger partial charge < -0.3 is 19.7 Å². The standard InChI is InChI=1S/C20H24N2O8/c23-15(17(19(25)21-27)29-11-13-7-3-1-4-8-13)16(24)18(20(26)22-28)30-12-14-9-5-2-6-10-14/h1-10,15-18,23-24,27-28H,11-12H2,(H,21,25)(H,22,26). The van der Waals surface area contributed by atoms with Crippen molar-refractivity contribution in [3.05, 3.63) is 71.8 Å². The van der Waals surface area contributed by atoms with Crippen molar-refractivity contribution in [3.8, 4) is 0 Å². The molecule has 0 radical (unpaired) electrons. The number of hydrogen-bond donors (Lipinski definition) is 6. The van der Waals surface area contributed by atoms with E-state index >= 15 is 0 Å². The Balaban J connectivity index is 2.11. The third kappa shape index (κ3) is 6.59. The molecule has 2 aromatic carbocycles. The van der Waals surface area contributed by atoms with Crippen LogP contribution < -0.4 is 11.0 Å². The third-order valence-electron chi connectivity index (χ3n) is 4.25. The normalized spacial score (nSPS) is 14.9. The number of amides is 2. The van der Waals surface area contributed by atoms with Crippen LogP contribution >= 0.6 is 0 Å². The van der Waals surface area contributed by atoms with Crippen molar-refractivity contribution in [2.75, 3.05) is 0 Å². The first-order chi connectivity index (χ1) is 14.5. The van der Waals surface area contributed by atoms with Crippen molar-refractivity contribution in [2.24, 2.45) is 0 Å². The molecule has 6 N–H and O–H groups in total. The Bertz CT molecular complexity index is 722. The number of rotatable bonds is 11. The number of nitrogens with one attached hydrogen (secondary N) is 2. The second-order valence-electron chi connectivity index (χ2n) is 6.37. The van der Waals surface area contributed by atoms with Crippen molar-refractivity contribution in [1.82, 2.24) is 11.0 Å². The summed E-state index contributed by atoms with van der Waals surface area (Å²) < 4.78 is 10.7. The molecule has 10 nitrogen and oxygen atoms in total. The van der Waals surface area contributed by atoms with Crippen LogP contribution in [0.15, 0.2) is 60.7 Å². The average Bonchev–Trinajstić information content (AvgIpc) is 2.79. The first kappa shape index (κ1) is 23.4. The summed E-state index contributed by atoms with van der Waals surface area (Å²) in [5.41, 5.74) is 4.04. The van der Waals surface area contributed by atoms with Crippen molar-refractivity contribution in [2.45, 2.75) is 37.6 Å². The summed E-state index contributed by atoms with van der Waals surface area (Å²) in [4.78, 5) is 23.9. The van der Waals surface area contributed by atoms with Crippen LogP contribution in [0.25, 0.3) is 0 Å². The Labute approximate surface area is 172 Å². The maximum atomic E-state index is 12.0.